The molecule has 5 rings (SSSR count). The number of hydrogen-bond donors (Lipinski definition) is 0. The van der Waals surface area contributed by atoms with E-state index in [1.54, 1.807) is 24.3 Å². The minimum absolute atomic E-state index is 0.183. The van der Waals surface area contributed by atoms with Crippen molar-refractivity contribution in [3.8, 4) is 11.8 Å². The number of nitriles is 1. The van der Waals surface area contributed by atoms with Gasteiger partial charge in [-0.05, 0) is 54.8 Å². The maximum atomic E-state index is 13.9. The van der Waals surface area contributed by atoms with Crippen LogP contribution in [-0.4, -0.2) is 9.38 Å². The van der Waals surface area contributed by atoms with Gasteiger partial charge in [0.1, 0.15) is 23.8 Å². The van der Waals surface area contributed by atoms with Crippen LogP contribution in [-0.2, 0) is 19.2 Å². The molecule has 0 unspecified atom stereocenters. The standard InChI is InChI=1S/C27H19F4N3O/c1-15(13-32)26-21-5-3-17(9-18(21)14-35-24-12-20(28)4-6-22(24)26)10-23-16(2)33-25-11-19(27(29,30)31)7-8-34(23)25/h3-9,11-12H,10,14H2,1-2H3. The predicted molar refractivity (Wildman–Crippen MR) is 122 cm³/mol. The molecule has 0 atom stereocenters. The highest BCUT2D eigenvalue weighted by Gasteiger charge is 2.31. The molecular formula is C27H19F4N3O. The summed E-state index contributed by atoms with van der Waals surface area (Å²) >= 11 is 0. The number of benzene rings is 2. The fraction of sp³-hybridized carbons (Fsp3) is 0.185. The van der Waals surface area contributed by atoms with Gasteiger partial charge in [0.05, 0.1) is 17.3 Å². The molecular weight excluding hydrogens is 458 g/mol. The van der Waals surface area contributed by atoms with Gasteiger partial charge in [0, 0.05) is 41.1 Å². The molecule has 0 saturated heterocycles. The van der Waals surface area contributed by atoms with Gasteiger partial charge in [0.2, 0.25) is 0 Å². The van der Waals surface area contributed by atoms with Crippen molar-refractivity contribution >= 4 is 11.2 Å². The highest BCUT2D eigenvalue weighted by Crippen LogP contribution is 2.39. The third-order valence-electron chi connectivity index (χ3n) is 6.20. The zero-order chi connectivity index (χ0) is 24.9. The van der Waals surface area contributed by atoms with Crippen molar-refractivity contribution in [2.24, 2.45) is 0 Å². The molecule has 4 nitrogen and oxygen atoms in total. The summed E-state index contributed by atoms with van der Waals surface area (Å²) in [6.45, 7) is 3.66. The number of nitrogens with zero attached hydrogens (tertiary/aromatic N) is 3. The molecule has 2 aromatic heterocycles. The lowest BCUT2D eigenvalue weighted by Gasteiger charge is -2.13. The van der Waals surface area contributed by atoms with E-state index in [-0.39, 0.29) is 12.3 Å². The number of hydrogen-bond acceptors (Lipinski definition) is 3. The molecule has 0 spiro atoms. The number of aryl methyl sites for hydroxylation is 1. The Morgan fingerprint density at radius 2 is 1.89 bits per heavy atom. The van der Waals surface area contributed by atoms with Crippen LogP contribution in [0.2, 0.25) is 0 Å². The van der Waals surface area contributed by atoms with Crippen molar-refractivity contribution in [1.29, 1.82) is 5.26 Å². The number of aromatic nitrogens is 2. The van der Waals surface area contributed by atoms with Gasteiger partial charge in [-0.3, -0.25) is 0 Å². The quantitative estimate of drug-likeness (QED) is 0.241. The number of imidazole rings is 1. The summed E-state index contributed by atoms with van der Waals surface area (Å²) in [6, 6.07) is 14.3. The summed E-state index contributed by atoms with van der Waals surface area (Å²) in [4.78, 5) is 4.33. The van der Waals surface area contributed by atoms with E-state index in [0.29, 0.717) is 34.6 Å². The zero-order valence-corrected chi connectivity index (χ0v) is 18.9. The molecule has 1 aliphatic rings. The third kappa shape index (κ3) is 4.03. The molecule has 0 amide bonds. The maximum absolute atomic E-state index is 13.9. The van der Waals surface area contributed by atoms with Gasteiger partial charge in [-0.15, -0.1) is 0 Å². The molecule has 176 valence electrons. The van der Waals surface area contributed by atoms with Crippen LogP contribution in [0.3, 0.4) is 0 Å². The first-order valence-electron chi connectivity index (χ1n) is 10.9. The lowest BCUT2D eigenvalue weighted by Crippen LogP contribution is -2.06. The van der Waals surface area contributed by atoms with Gasteiger partial charge in [-0.25, -0.2) is 9.37 Å². The van der Waals surface area contributed by atoms with Crippen LogP contribution >= 0.6 is 0 Å². The molecule has 0 aliphatic carbocycles. The van der Waals surface area contributed by atoms with E-state index >= 15 is 0 Å². The molecule has 4 aromatic rings. The van der Waals surface area contributed by atoms with E-state index in [2.05, 4.69) is 11.1 Å². The maximum Gasteiger partial charge on any atom is 0.416 e. The summed E-state index contributed by atoms with van der Waals surface area (Å²) in [5.41, 5.74) is 5.28. The number of ether oxygens (including phenoxy) is 1. The number of allylic oxidation sites excluding steroid dienone is 1. The van der Waals surface area contributed by atoms with Crippen LogP contribution in [0.25, 0.3) is 11.2 Å². The smallest absolute Gasteiger partial charge is 0.416 e. The van der Waals surface area contributed by atoms with Crippen LogP contribution in [0.1, 0.15) is 46.1 Å². The fourth-order valence-corrected chi connectivity index (χ4v) is 4.50. The first-order valence-corrected chi connectivity index (χ1v) is 10.9. The lowest BCUT2D eigenvalue weighted by atomic mass is 9.89. The number of halogens is 4. The molecule has 0 N–H and O–H groups in total. The van der Waals surface area contributed by atoms with Crippen LogP contribution in [0.5, 0.6) is 5.75 Å². The van der Waals surface area contributed by atoms with E-state index in [4.69, 9.17) is 4.74 Å². The van der Waals surface area contributed by atoms with Gasteiger partial charge in [-0.2, -0.15) is 18.4 Å². The molecule has 2 aromatic carbocycles. The molecule has 0 radical (unpaired) electrons. The van der Waals surface area contributed by atoms with Crippen LogP contribution in [0.15, 0.2) is 60.3 Å². The van der Waals surface area contributed by atoms with Gasteiger partial charge < -0.3 is 9.14 Å². The Kier molecular flexibility index (Phi) is 5.36. The Morgan fingerprint density at radius 1 is 1.11 bits per heavy atom. The van der Waals surface area contributed by atoms with Gasteiger partial charge >= 0.3 is 6.18 Å². The Bertz CT molecular complexity index is 1560. The summed E-state index contributed by atoms with van der Waals surface area (Å²) in [5.74, 6) is -0.0634. The van der Waals surface area contributed by atoms with E-state index in [9.17, 15) is 22.8 Å². The second-order valence-corrected chi connectivity index (χ2v) is 8.49. The van der Waals surface area contributed by atoms with Crippen LogP contribution < -0.4 is 4.74 Å². The Hall–Kier alpha value is -4.12. The van der Waals surface area contributed by atoms with Crippen molar-refractivity contribution < 1.29 is 22.3 Å². The predicted octanol–water partition coefficient (Wildman–Crippen LogP) is 6.63. The number of alkyl halides is 3. The first-order chi connectivity index (χ1) is 16.7. The van der Waals surface area contributed by atoms with Crippen molar-refractivity contribution in [2.75, 3.05) is 0 Å². The van der Waals surface area contributed by atoms with Crippen LogP contribution in [0, 0.1) is 24.1 Å². The number of fused-ring (bicyclic) bond motifs is 3. The largest absolute Gasteiger partial charge is 0.488 e. The highest BCUT2D eigenvalue weighted by atomic mass is 19.4. The van der Waals surface area contributed by atoms with E-state index in [1.807, 2.05) is 18.2 Å². The van der Waals surface area contributed by atoms with Crippen molar-refractivity contribution in [3.05, 3.63) is 105 Å². The second-order valence-electron chi connectivity index (χ2n) is 8.49. The monoisotopic (exact) mass is 477 g/mol. The molecule has 0 fully saturated rings. The lowest BCUT2D eigenvalue weighted by molar-refractivity contribution is -0.137. The molecule has 35 heavy (non-hydrogen) atoms. The summed E-state index contributed by atoms with van der Waals surface area (Å²) < 4.78 is 60.7. The number of pyridine rings is 1. The molecule has 8 heteroatoms. The SMILES string of the molecule is CC(C#N)=C1c2ccc(Cc3c(C)nc4cc(C(F)(F)F)ccn34)cc2COc2cc(F)ccc21. The molecule has 0 saturated carbocycles. The molecule has 3 heterocycles. The summed E-state index contributed by atoms with van der Waals surface area (Å²) in [5, 5.41) is 9.61. The highest BCUT2D eigenvalue weighted by molar-refractivity contribution is 5.88. The average molecular weight is 477 g/mol. The van der Waals surface area contributed by atoms with Crippen molar-refractivity contribution in [3.63, 3.8) is 0 Å². The zero-order valence-electron chi connectivity index (χ0n) is 18.9. The normalized spacial score (nSPS) is 14.5. The van der Waals surface area contributed by atoms with E-state index in [0.717, 1.165) is 34.5 Å². The average Bonchev–Trinajstić information content (AvgIpc) is 3.03. The minimum atomic E-state index is -4.44. The Balaban J connectivity index is 1.56. The van der Waals surface area contributed by atoms with Gasteiger partial charge in [-0.1, -0.05) is 18.2 Å². The van der Waals surface area contributed by atoms with E-state index in [1.165, 1.54) is 18.3 Å². The van der Waals surface area contributed by atoms with Gasteiger partial charge in [0.15, 0.2) is 0 Å². The Morgan fingerprint density at radius 3 is 2.63 bits per heavy atom. The minimum Gasteiger partial charge on any atom is -0.488 e. The number of rotatable bonds is 2. The molecule has 1 aliphatic heterocycles. The van der Waals surface area contributed by atoms with Crippen molar-refractivity contribution in [1.82, 2.24) is 9.38 Å². The third-order valence-corrected chi connectivity index (χ3v) is 6.20. The van der Waals surface area contributed by atoms with E-state index < -0.39 is 17.6 Å². The molecule has 0 bridgehead atoms. The van der Waals surface area contributed by atoms with Gasteiger partial charge in [0.25, 0.3) is 0 Å². The first kappa shape index (κ1) is 22.7. The summed E-state index contributed by atoms with van der Waals surface area (Å²) in [7, 11) is 0. The summed E-state index contributed by atoms with van der Waals surface area (Å²) in [6.07, 6.45) is -2.61. The van der Waals surface area contributed by atoms with Crippen molar-refractivity contribution in [2.45, 2.75) is 33.1 Å². The topological polar surface area (TPSA) is 50.3 Å². The second kappa shape index (κ2) is 8.27. The fourth-order valence-electron chi connectivity index (χ4n) is 4.50. The Labute approximate surface area is 198 Å². The van der Waals surface area contributed by atoms with Crippen LogP contribution in [0.4, 0.5) is 17.6 Å².